The molecule has 0 aromatic carbocycles. The first-order chi connectivity index (χ1) is 8.06. The fourth-order valence-electron chi connectivity index (χ4n) is 1.68. The van der Waals surface area contributed by atoms with Gasteiger partial charge in [-0.05, 0) is 29.8 Å². The van der Waals surface area contributed by atoms with Crippen LogP contribution in [0.3, 0.4) is 0 Å². The number of hydrogen-bond acceptors (Lipinski definition) is 4. The molecule has 1 fully saturated rings. The van der Waals surface area contributed by atoms with Crippen molar-refractivity contribution in [2.75, 3.05) is 18.0 Å². The summed E-state index contributed by atoms with van der Waals surface area (Å²) in [6.45, 7) is 5.32. The van der Waals surface area contributed by atoms with E-state index in [-0.39, 0.29) is 17.9 Å². The molecule has 1 amide bonds. The van der Waals surface area contributed by atoms with Crippen LogP contribution in [0, 0.1) is 5.92 Å². The van der Waals surface area contributed by atoms with E-state index in [0.29, 0.717) is 19.0 Å². The molecule has 2 heterocycles. The molecule has 5 nitrogen and oxygen atoms in total. The van der Waals surface area contributed by atoms with E-state index in [2.05, 4.69) is 31.2 Å². The molecule has 0 aliphatic carbocycles. The summed E-state index contributed by atoms with van der Waals surface area (Å²) in [5.41, 5.74) is 0. The van der Waals surface area contributed by atoms with Gasteiger partial charge in [-0.2, -0.15) is 0 Å². The van der Waals surface area contributed by atoms with E-state index >= 15 is 0 Å². The van der Waals surface area contributed by atoms with Gasteiger partial charge in [-0.25, -0.2) is 9.97 Å². The van der Waals surface area contributed by atoms with Gasteiger partial charge in [0.1, 0.15) is 0 Å². The second-order valence-electron chi connectivity index (χ2n) is 4.47. The van der Waals surface area contributed by atoms with E-state index in [9.17, 15) is 4.79 Å². The van der Waals surface area contributed by atoms with Crippen LogP contribution in [0.2, 0.25) is 0 Å². The topological polar surface area (TPSA) is 58.1 Å². The third-order valence-electron chi connectivity index (χ3n) is 2.57. The molecule has 0 unspecified atom stereocenters. The minimum atomic E-state index is 0.0599. The van der Waals surface area contributed by atoms with Crippen molar-refractivity contribution in [3.63, 3.8) is 0 Å². The zero-order chi connectivity index (χ0) is 12.4. The zero-order valence-electron chi connectivity index (χ0n) is 9.85. The lowest BCUT2D eigenvalue weighted by molar-refractivity contribution is -0.126. The maximum Gasteiger partial charge on any atom is 0.226 e. The van der Waals surface area contributed by atoms with Crippen molar-refractivity contribution in [2.45, 2.75) is 19.9 Å². The van der Waals surface area contributed by atoms with Crippen LogP contribution in [0.15, 0.2) is 16.9 Å². The third-order valence-corrected chi connectivity index (χ3v) is 2.98. The van der Waals surface area contributed by atoms with Gasteiger partial charge < -0.3 is 10.2 Å². The van der Waals surface area contributed by atoms with Crippen molar-refractivity contribution in [3.8, 4) is 0 Å². The highest BCUT2D eigenvalue weighted by Crippen LogP contribution is 2.21. The van der Waals surface area contributed by atoms with Crippen LogP contribution in [0.4, 0.5) is 5.95 Å². The first-order valence-electron chi connectivity index (χ1n) is 5.59. The highest BCUT2D eigenvalue weighted by atomic mass is 79.9. The van der Waals surface area contributed by atoms with Gasteiger partial charge in [0.25, 0.3) is 0 Å². The van der Waals surface area contributed by atoms with Gasteiger partial charge in [0.2, 0.25) is 11.9 Å². The molecule has 1 aromatic rings. The molecule has 1 aliphatic heterocycles. The monoisotopic (exact) mass is 298 g/mol. The fraction of sp³-hybridized carbons (Fsp3) is 0.545. The van der Waals surface area contributed by atoms with E-state index in [1.807, 2.05) is 18.7 Å². The number of amides is 1. The quantitative estimate of drug-likeness (QED) is 0.911. The Bertz CT molecular complexity index is 400. The molecular formula is C11H15BrN4O. The maximum absolute atomic E-state index is 11.7. The van der Waals surface area contributed by atoms with Crippen LogP contribution in [0.25, 0.3) is 0 Å². The first kappa shape index (κ1) is 12.3. The van der Waals surface area contributed by atoms with Gasteiger partial charge in [0.05, 0.1) is 10.4 Å². The summed E-state index contributed by atoms with van der Waals surface area (Å²) in [5, 5.41) is 2.91. The number of nitrogens with one attached hydrogen (secondary N) is 1. The predicted molar refractivity (Wildman–Crippen MR) is 68.7 cm³/mol. The summed E-state index contributed by atoms with van der Waals surface area (Å²) in [6, 6.07) is 0.195. The first-order valence-corrected chi connectivity index (χ1v) is 6.38. The lowest BCUT2D eigenvalue weighted by atomic mass is 9.99. The van der Waals surface area contributed by atoms with E-state index < -0.39 is 0 Å². The van der Waals surface area contributed by atoms with Crippen molar-refractivity contribution in [3.05, 3.63) is 16.9 Å². The summed E-state index contributed by atoms with van der Waals surface area (Å²) < 4.78 is 0.857. The Morgan fingerprint density at radius 2 is 2.06 bits per heavy atom. The molecule has 2 rings (SSSR count). The second kappa shape index (κ2) is 5.00. The van der Waals surface area contributed by atoms with Gasteiger partial charge in [0, 0.05) is 31.5 Å². The number of hydrogen-bond donors (Lipinski definition) is 1. The van der Waals surface area contributed by atoms with Gasteiger partial charge in [-0.1, -0.05) is 0 Å². The lowest BCUT2D eigenvalue weighted by Crippen LogP contribution is -2.55. The largest absolute Gasteiger partial charge is 0.354 e. The van der Waals surface area contributed by atoms with Crippen molar-refractivity contribution >= 4 is 27.8 Å². The summed E-state index contributed by atoms with van der Waals surface area (Å²) in [7, 11) is 0. The Labute approximate surface area is 109 Å². The lowest BCUT2D eigenvalue weighted by Gasteiger charge is -2.38. The van der Waals surface area contributed by atoms with Crippen LogP contribution in [0.5, 0.6) is 0 Å². The smallest absolute Gasteiger partial charge is 0.226 e. The number of carbonyl (C=O) groups excluding carboxylic acids is 1. The number of halogens is 1. The molecule has 1 saturated heterocycles. The molecule has 1 N–H and O–H groups in total. The van der Waals surface area contributed by atoms with E-state index in [1.165, 1.54) is 0 Å². The van der Waals surface area contributed by atoms with E-state index in [1.54, 1.807) is 12.4 Å². The minimum absolute atomic E-state index is 0.0599. The molecule has 1 aliphatic rings. The van der Waals surface area contributed by atoms with Gasteiger partial charge >= 0.3 is 0 Å². The third kappa shape index (κ3) is 2.94. The van der Waals surface area contributed by atoms with Crippen LogP contribution < -0.4 is 10.2 Å². The SMILES string of the molecule is CC(C)NC(=O)C1CN(c2ncc(Br)cn2)C1. The average Bonchev–Trinajstić information content (AvgIpc) is 2.17. The summed E-state index contributed by atoms with van der Waals surface area (Å²) in [4.78, 5) is 22.1. The van der Waals surface area contributed by atoms with Gasteiger partial charge in [-0.3, -0.25) is 4.79 Å². The second-order valence-corrected chi connectivity index (χ2v) is 5.38. The van der Waals surface area contributed by atoms with Gasteiger partial charge in [0.15, 0.2) is 0 Å². The Kier molecular flexibility index (Phi) is 3.61. The Morgan fingerprint density at radius 3 is 2.59 bits per heavy atom. The summed E-state index contributed by atoms with van der Waals surface area (Å²) in [6.07, 6.45) is 3.42. The van der Waals surface area contributed by atoms with Crippen molar-refractivity contribution in [1.29, 1.82) is 0 Å². The highest BCUT2D eigenvalue weighted by molar-refractivity contribution is 9.10. The molecule has 0 spiro atoms. The number of rotatable bonds is 3. The van der Waals surface area contributed by atoms with Crippen molar-refractivity contribution in [2.24, 2.45) is 5.92 Å². The summed E-state index contributed by atoms with van der Waals surface area (Å²) >= 11 is 3.29. The zero-order valence-corrected chi connectivity index (χ0v) is 11.4. The molecule has 17 heavy (non-hydrogen) atoms. The number of carbonyl (C=O) groups is 1. The molecule has 92 valence electrons. The minimum Gasteiger partial charge on any atom is -0.354 e. The molecule has 0 saturated carbocycles. The average molecular weight is 299 g/mol. The van der Waals surface area contributed by atoms with E-state index in [0.717, 1.165) is 4.47 Å². The Balaban J connectivity index is 1.86. The van der Waals surface area contributed by atoms with Crippen LogP contribution >= 0.6 is 15.9 Å². The molecular weight excluding hydrogens is 284 g/mol. The van der Waals surface area contributed by atoms with Crippen LogP contribution in [0.1, 0.15) is 13.8 Å². The normalized spacial score (nSPS) is 15.9. The van der Waals surface area contributed by atoms with Crippen molar-refractivity contribution < 1.29 is 4.79 Å². The highest BCUT2D eigenvalue weighted by Gasteiger charge is 2.34. The fourth-order valence-corrected chi connectivity index (χ4v) is 1.88. The Hall–Kier alpha value is -1.17. The Morgan fingerprint density at radius 1 is 1.47 bits per heavy atom. The number of aromatic nitrogens is 2. The van der Waals surface area contributed by atoms with Gasteiger partial charge in [-0.15, -0.1) is 0 Å². The summed E-state index contributed by atoms with van der Waals surface area (Å²) in [5.74, 6) is 0.861. The molecule has 6 heteroatoms. The molecule has 0 atom stereocenters. The molecule has 0 bridgehead atoms. The predicted octanol–water partition coefficient (Wildman–Crippen LogP) is 1.20. The van der Waals surface area contributed by atoms with Crippen LogP contribution in [-0.4, -0.2) is 35.0 Å². The molecule has 1 aromatic heterocycles. The number of nitrogens with zero attached hydrogens (tertiary/aromatic N) is 3. The van der Waals surface area contributed by atoms with Crippen molar-refractivity contribution in [1.82, 2.24) is 15.3 Å². The number of anilines is 1. The molecule has 0 radical (unpaired) electrons. The maximum atomic E-state index is 11.7. The standard InChI is InChI=1S/C11H15BrN4O/c1-7(2)15-10(17)8-5-16(6-8)11-13-3-9(12)4-14-11/h3-4,7-8H,5-6H2,1-2H3,(H,15,17). The van der Waals surface area contributed by atoms with E-state index in [4.69, 9.17) is 0 Å². The van der Waals surface area contributed by atoms with Crippen LogP contribution in [-0.2, 0) is 4.79 Å².